The van der Waals surface area contributed by atoms with Gasteiger partial charge < -0.3 is 9.47 Å². The first-order valence-corrected chi connectivity index (χ1v) is 8.25. The molecule has 1 unspecified atom stereocenters. The zero-order valence-corrected chi connectivity index (χ0v) is 15.1. The van der Waals surface area contributed by atoms with Crippen LogP contribution in [0.1, 0.15) is 25.5 Å². The molecule has 6 heteroatoms. The van der Waals surface area contributed by atoms with Crippen LogP contribution >= 0.6 is 0 Å². The van der Waals surface area contributed by atoms with E-state index in [1.54, 1.807) is 13.8 Å². The number of aliphatic imine (C=N–C) groups is 1. The van der Waals surface area contributed by atoms with Gasteiger partial charge in [-0.25, -0.2) is 4.79 Å². The number of carbonyl (C=O) groups is 2. The van der Waals surface area contributed by atoms with Crippen LogP contribution in [0.4, 0.5) is 0 Å². The summed E-state index contributed by atoms with van der Waals surface area (Å²) in [4.78, 5) is 34.0. The number of esters is 2. The standard InChI is InChI=1S/C20H20N2O4/c1-11-16(19(23)25-3)18(17(12(2)21-11)20(24)26-4)15-10-9-13-7-5-6-8-14(13)22-15/h5-10,16,18H,1-4H3/t16?,18-/m0/s1. The van der Waals surface area contributed by atoms with Gasteiger partial charge in [-0.2, -0.15) is 0 Å². The van der Waals surface area contributed by atoms with Crippen LogP contribution in [-0.4, -0.2) is 36.9 Å². The molecule has 0 N–H and O–H groups in total. The number of benzene rings is 1. The van der Waals surface area contributed by atoms with E-state index in [1.807, 2.05) is 36.4 Å². The van der Waals surface area contributed by atoms with E-state index in [0.717, 1.165) is 10.9 Å². The Morgan fingerprint density at radius 3 is 2.42 bits per heavy atom. The fourth-order valence-corrected chi connectivity index (χ4v) is 3.42. The molecule has 26 heavy (non-hydrogen) atoms. The SMILES string of the molecule is COC(=O)C1=C(C)N=C(C)C(C(=O)OC)[C@@H]1c1ccc2ccccc2n1. The molecule has 1 aliphatic rings. The number of methoxy groups -OCH3 is 2. The van der Waals surface area contributed by atoms with Gasteiger partial charge in [-0.05, 0) is 26.0 Å². The minimum absolute atomic E-state index is 0.330. The fourth-order valence-electron chi connectivity index (χ4n) is 3.42. The largest absolute Gasteiger partial charge is 0.468 e. The lowest BCUT2D eigenvalue weighted by molar-refractivity contribution is -0.143. The molecular weight excluding hydrogens is 332 g/mol. The molecule has 3 rings (SSSR count). The molecule has 1 aromatic heterocycles. The Kier molecular flexibility index (Phi) is 4.84. The summed E-state index contributed by atoms with van der Waals surface area (Å²) in [5.74, 6) is -2.32. The number of fused-ring (bicyclic) bond motifs is 1. The molecule has 0 saturated heterocycles. The zero-order valence-electron chi connectivity index (χ0n) is 15.1. The number of hydrogen-bond donors (Lipinski definition) is 0. The summed E-state index contributed by atoms with van der Waals surface area (Å²) in [5.41, 5.74) is 2.83. The molecular formula is C20H20N2O4. The third-order valence-corrected chi connectivity index (χ3v) is 4.63. The number of carbonyl (C=O) groups excluding carboxylic acids is 2. The molecule has 2 aromatic rings. The van der Waals surface area contributed by atoms with Gasteiger partial charge in [0, 0.05) is 16.8 Å². The van der Waals surface area contributed by atoms with Crippen molar-refractivity contribution in [3.63, 3.8) is 0 Å². The normalized spacial score (nSPS) is 19.9. The molecule has 1 aromatic carbocycles. The van der Waals surface area contributed by atoms with Crippen molar-refractivity contribution in [3.8, 4) is 0 Å². The van der Waals surface area contributed by atoms with Crippen LogP contribution in [0, 0.1) is 5.92 Å². The van der Waals surface area contributed by atoms with Crippen molar-refractivity contribution in [2.75, 3.05) is 14.2 Å². The molecule has 2 atom stereocenters. The average Bonchev–Trinajstić information content (AvgIpc) is 2.65. The maximum atomic E-state index is 12.5. The number of hydrogen-bond acceptors (Lipinski definition) is 6. The maximum Gasteiger partial charge on any atom is 0.336 e. The van der Waals surface area contributed by atoms with Gasteiger partial charge >= 0.3 is 11.9 Å². The number of nitrogens with zero attached hydrogens (tertiary/aromatic N) is 2. The van der Waals surface area contributed by atoms with E-state index >= 15 is 0 Å². The lowest BCUT2D eigenvalue weighted by Crippen LogP contribution is -2.36. The van der Waals surface area contributed by atoms with E-state index < -0.39 is 23.8 Å². The molecule has 2 heterocycles. The minimum atomic E-state index is -0.730. The molecule has 0 spiro atoms. The summed E-state index contributed by atoms with van der Waals surface area (Å²) in [7, 11) is 2.63. The Bertz CT molecular complexity index is 946. The van der Waals surface area contributed by atoms with Crippen molar-refractivity contribution in [3.05, 3.63) is 53.4 Å². The van der Waals surface area contributed by atoms with E-state index in [0.29, 0.717) is 22.7 Å². The fraction of sp³-hybridized carbons (Fsp3) is 0.300. The van der Waals surface area contributed by atoms with Crippen LogP contribution in [0.15, 0.2) is 52.7 Å². The van der Waals surface area contributed by atoms with Gasteiger partial charge in [-0.3, -0.25) is 14.8 Å². The predicted octanol–water partition coefficient (Wildman–Crippen LogP) is 3.03. The van der Waals surface area contributed by atoms with Gasteiger partial charge in [0.2, 0.25) is 0 Å². The van der Waals surface area contributed by atoms with Crippen LogP contribution in [-0.2, 0) is 19.1 Å². The van der Waals surface area contributed by atoms with E-state index in [4.69, 9.17) is 14.5 Å². The summed E-state index contributed by atoms with van der Waals surface area (Å²) >= 11 is 0. The first kappa shape index (κ1) is 17.8. The summed E-state index contributed by atoms with van der Waals surface area (Å²) in [5, 5.41) is 0.979. The minimum Gasteiger partial charge on any atom is -0.468 e. The smallest absolute Gasteiger partial charge is 0.336 e. The summed E-state index contributed by atoms with van der Waals surface area (Å²) in [6.45, 7) is 3.49. The lowest BCUT2D eigenvalue weighted by atomic mass is 9.77. The lowest BCUT2D eigenvalue weighted by Gasteiger charge is -2.30. The van der Waals surface area contributed by atoms with Crippen LogP contribution in [0.5, 0.6) is 0 Å². The van der Waals surface area contributed by atoms with Crippen molar-refractivity contribution >= 4 is 28.6 Å². The van der Waals surface area contributed by atoms with E-state index in [9.17, 15) is 9.59 Å². The summed E-state index contributed by atoms with van der Waals surface area (Å²) < 4.78 is 9.92. The number of rotatable bonds is 3. The van der Waals surface area contributed by atoms with Gasteiger partial charge in [0.05, 0.1) is 36.9 Å². The quantitative estimate of drug-likeness (QED) is 0.794. The number of aromatic nitrogens is 1. The number of para-hydroxylation sites is 1. The third-order valence-electron chi connectivity index (χ3n) is 4.63. The topological polar surface area (TPSA) is 77.8 Å². The van der Waals surface area contributed by atoms with Crippen LogP contribution in [0.2, 0.25) is 0 Å². The first-order chi connectivity index (χ1) is 12.5. The number of ether oxygens (including phenoxy) is 2. The van der Waals surface area contributed by atoms with Crippen LogP contribution in [0.25, 0.3) is 10.9 Å². The van der Waals surface area contributed by atoms with E-state index in [-0.39, 0.29) is 0 Å². The number of pyridine rings is 1. The van der Waals surface area contributed by atoms with Crippen LogP contribution < -0.4 is 0 Å². The highest BCUT2D eigenvalue weighted by Gasteiger charge is 2.42. The molecule has 0 amide bonds. The van der Waals surface area contributed by atoms with Gasteiger partial charge in [0.25, 0.3) is 0 Å². The van der Waals surface area contributed by atoms with E-state index in [2.05, 4.69) is 4.99 Å². The molecule has 6 nitrogen and oxygen atoms in total. The van der Waals surface area contributed by atoms with Crippen molar-refractivity contribution in [1.29, 1.82) is 0 Å². The summed E-state index contributed by atoms with van der Waals surface area (Å²) in [6.07, 6.45) is 0. The third kappa shape index (κ3) is 2.98. The summed E-state index contributed by atoms with van der Waals surface area (Å²) in [6, 6.07) is 11.4. The van der Waals surface area contributed by atoms with Gasteiger partial charge in [0.1, 0.15) is 5.92 Å². The highest BCUT2D eigenvalue weighted by atomic mass is 16.5. The van der Waals surface area contributed by atoms with Crippen molar-refractivity contribution < 1.29 is 19.1 Å². The molecule has 0 saturated carbocycles. The Balaban J connectivity index is 2.23. The van der Waals surface area contributed by atoms with Gasteiger partial charge in [-0.1, -0.05) is 24.3 Å². The van der Waals surface area contributed by atoms with Gasteiger partial charge in [-0.15, -0.1) is 0 Å². The zero-order chi connectivity index (χ0) is 18.8. The molecule has 0 radical (unpaired) electrons. The van der Waals surface area contributed by atoms with Crippen molar-refractivity contribution in [2.45, 2.75) is 19.8 Å². The van der Waals surface area contributed by atoms with Crippen molar-refractivity contribution in [2.24, 2.45) is 10.9 Å². The maximum absolute atomic E-state index is 12.5. The Labute approximate surface area is 151 Å². The molecule has 0 fully saturated rings. The van der Waals surface area contributed by atoms with Crippen LogP contribution in [0.3, 0.4) is 0 Å². The van der Waals surface area contributed by atoms with Gasteiger partial charge in [0.15, 0.2) is 0 Å². The molecule has 1 aliphatic heterocycles. The Morgan fingerprint density at radius 2 is 1.73 bits per heavy atom. The Morgan fingerprint density at radius 1 is 1.00 bits per heavy atom. The Hall–Kier alpha value is -3.02. The monoisotopic (exact) mass is 352 g/mol. The second kappa shape index (κ2) is 7.07. The predicted molar refractivity (Wildman–Crippen MR) is 97.8 cm³/mol. The molecule has 0 aliphatic carbocycles. The first-order valence-electron chi connectivity index (χ1n) is 8.25. The second-order valence-corrected chi connectivity index (χ2v) is 6.15. The highest BCUT2D eigenvalue weighted by Crippen LogP contribution is 2.39. The molecule has 0 bridgehead atoms. The average molecular weight is 352 g/mol. The van der Waals surface area contributed by atoms with E-state index in [1.165, 1.54) is 14.2 Å². The number of allylic oxidation sites excluding steroid dienone is 1. The second-order valence-electron chi connectivity index (χ2n) is 6.15. The van der Waals surface area contributed by atoms with Crippen molar-refractivity contribution in [1.82, 2.24) is 4.98 Å². The molecule has 134 valence electrons. The highest BCUT2D eigenvalue weighted by molar-refractivity contribution is 6.06.